The molecule has 2 atom stereocenters. The van der Waals surface area contributed by atoms with Gasteiger partial charge in [-0.05, 0) is 19.8 Å². The number of Topliss-reactive ketones (excluding diaryl/α,β-unsaturated/α-hetero) is 1. The van der Waals surface area contributed by atoms with Gasteiger partial charge in [0.25, 0.3) is 0 Å². The third kappa shape index (κ3) is 44.3. The van der Waals surface area contributed by atoms with Gasteiger partial charge < -0.3 is 24.5 Å². The Bertz CT molecular complexity index is 1070. The lowest BCUT2D eigenvalue weighted by Gasteiger charge is -2.20. The SMILES string of the molecule is CCCCCCCCCCCCCCCCCCC(=O)OCC(COP(=O)(O)OCCNC(=O)CCC(C)=O)OC(=O)CCCCCCCCCCCCCCCCCC. The van der Waals surface area contributed by atoms with Crippen LogP contribution in [0.1, 0.15) is 252 Å². The molecule has 2 N–H and O–H groups in total. The van der Waals surface area contributed by atoms with Crippen LogP contribution in [0.4, 0.5) is 0 Å². The molecule has 0 aromatic rings. The van der Waals surface area contributed by atoms with Gasteiger partial charge in [-0.1, -0.05) is 206 Å². The highest BCUT2D eigenvalue weighted by Gasteiger charge is 2.26. The molecule has 2 unspecified atom stereocenters. The van der Waals surface area contributed by atoms with Crippen LogP contribution in [-0.2, 0) is 42.3 Å². The van der Waals surface area contributed by atoms with Gasteiger partial charge in [-0.3, -0.25) is 23.4 Å². The number of phosphoric ester groups is 1. The molecule has 0 aromatic carbocycles. The summed E-state index contributed by atoms with van der Waals surface area (Å²) < 4.78 is 33.5. The number of nitrogens with one attached hydrogen (secondary N) is 1. The van der Waals surface area contributed by atoms with Gasteiger partial charge >= 0.3 is 19.8 Å². The number of hydrogen-bond donors (Lipinski definition) is 2. The summed E-state index contributed by atoms with van der Waals surface area (Å²) in [4.78, 5) is 58.3. The van der Waals surface area contributed by atoms with Crippen molar-refractivity contribution in [1.29, 1.82) is 0 Å². The van der Waals surface area contributed by atoms with E-state index in [0.717, 1.165) is 38.5 Å². The largest absolute Gasteiger partial charge is 0.472 e. The molecule has 354 valence electrons. The second-order valence-electron chi connectivity index (χ2n) is 17.1. The van der Waals surface area contributed by atoms with E-state index in [-0.39, 0.29) is 57.1 Å². The predicted octanol–water partition coefficient (Wildman–Crippen LogP) is 13.4. The molecule has 0 saturated carbocycles. The zero-order valence-electron chi connectivity index (χ0n) is 38.9. The average Bonchev–Trinajstić information content (AvgIpc) is 3.22. The van der Waals surface area contributed by atoms with Crippen LogP contribution in [0.3, 0.4) is 0 Å². The molecule has 0 spiro atoms. The standard InChI is InChI=1S/C48H92NO10P/c1-4-6-8-10-12-14-16-18-20-22-24-26-28-30-32-34-36-47(52)56-42-45(43-58-60(54,55)57-41-40-49-46(51)39-38-44(3)50)59-48(53)37-35-33-31-29-27-25-23-21-19-17-15-13-11-9-7-5-2/h45H,4-43H2,1-3H3,(H,49,51)(H,54,55). The van der Waals surface area contributed by atoms with Gasteiger partial charge in [0.2, 0.25) is 5.91 Å². The Kier molecular flexibility index (Phi) is 42.5. The number of unbranched alkanes of at least 4 members (excludes halogenated alkanes) is 30. The maximum absolute atomic E-state index is 12.7. The zero-order valence-corrected chi connectivity index (χ0v) is 39.8. The molecule has 11 nitrogen and oxygen atoms in total. The van der Waals surface area contributed by atoms with Gasteiger partial charge in [0.05, 0.1) is 13.2 Å². The number of amides is 1. The number of phosphoric acid groups is 1. The monoisotopic (exact) mass is 874 g/mol. The molecule has 60 heavy (non-hydrogen) atoms. The third-order valence-electron chi connectivity index (χ3n) is 11.0. The van der Waals surface area contributed by atoms with Crippen molar-refractivity contribution in [2.75, 3.05) is 26.4 Å². The molecule has 12 heteroatoms. The van der Waals surface area contributed by atoms with E-state index in [0.29, 0.717) is 12.8 Å². The number of carbonyl (C=O) groups excluding carboxylic acids is 4. The molecule has 0 fully saturated rings. The highest BCUT2D eigenvalue weighted by atomic mass is 31.2. The minimum absolute atomic E-state index is 0.0211. The van der Waals surface area contributed by atoms with E-state index in [4.69, 9.17) is 18.5 Å². The van der Waals surface area contributed by atoms with Crippen LogP contribution < -0.4 is 5.32 Å². The average molecular weight is 874 g/mol. The molecule has 0 bridgehead atoms. The number of ketones is 1. The summed E-state index contributed by atoms with van der Waals surface area (Å²) in [5, 5.41) is 2.51. The Morgan fingerprint density at radius 3 is 1.23 bits per heavy atom. The van der Waals surface area contributed by atoms with E-state index >= 15 is 0 Å². The Balaban J connectivity index is 4.41. The summed E-state index contributed by atoms with van der Waals surface area (Å²) in [6.07, 6.45) is 39.2. The van der Waals surface area contributed by atoms with Crippen molar-refractivity contribution in [2.45, 2.75) is 258 Å². The molecule has 0 aliphatic carbocycles. The van der Waals surface area contributed by atoms with Gasteiger partial charge in [-0.25, -0.2) is 4.57 Å². The first-order valence-electron chi connectivity index (χ1n) is 24.8. The van der Waals surface area contributed by atoms with E-state index in [9.17, 15) is 28.6 Å². The van der Waals surface area contributed by atoms with Crippen molar-refractivity contribution in [1.82, 2.24) is 5.32 Å². The molecule has 0 heterocycles. The van der Waals surface area contributed by atoms with Crippen molar-refractivity contribution >= 4 is 31.5 Å². The quantitative estimate of drug-likeness (QED) is 0.0343. The topological polar surface area (TPSA) is 155 Å². The van der Waals surface area contributed by atoms with Crippen molar-refractivity contribution in [3.63, 3.8) is 0 Å². The fourth-order valence-electron chi connectivity index (χ4n) is 7.20. The number of rotatable bonds is 47. The smallest absolute Gasteiger partial charge is 0.462 e. The van der Waals surface area contributed by atoms with Gasteiger partial charge in [0.15, 0.2) is 6.10 Å². The lowest BCUT2D eigenvalue weighted by molar-refractivity contribution is -0.161. The second kappa shape index (κ2) is 43.8. The summed E-state index contributed by atoms with van der Waals surface area (Å²) >= 11 is 0. The molecule has 0 aliphatic rings. The summed E-state index contributed by atoms with van der Waals surface area (Å²) in [5.41, 5.74) is 0. The normalized spacial score (nSPS) is 12.9. The highest BCUT2D eigenvalue weighted by Crippen LogP contribution is 2.43. The van der Waals surface area contributed by atoms with Crippen LogP contribution in [0, 0.1) is 0 Å². The van der Waals surface area contributed by atoms with Crippen LogP contribution >= 0.6 is 7.82 Å². The number of ether oxygens (including phenoxy) is 2. The van der Waals surface area contributed by atoms with E-state index in [1.807, 2.05) is 0 Å². The number of esters is 2. The first kappa shape index (κ1) is 58.2. The van der Waals surface area contributed by atoms with Gasteiger partial charge in [-0.15, -0.1) is 0 Å². The molecule has 1 amide bonds. The third-order valence-corrected chi connectivity index (χ3v) is 12.0. The molecule has 0 radical (unpaired) electrons. The fraction of sp³-hybridized carbons (Fsp3) is 0.917. The lowest BCUT2D eigenvalue weighted by Crippen LogP contribution is -2.30. The first-order chi connectivity index (χ1) is 29.1. The first-order valence-corrected chi connectivity index (χ1v) is 26.3. The molecule has 0 aliphatic heterocycles. The Morgan fingerprint density at radius 2 is 0.850 bits per heavy atom. The van der Waals surface area contributed by atoms with Crippen LogP contribution in [0.2, 0.25) is 0 Å². The Morgan fingerprint density at radius 1 is 0.483 bits per heavy atom. The van der Waals surface area contributed by atoms with E-state index < -0.39 is 32.5 Å². The Labute approximate surface area is 367 Å². The van der Waals surface area contributed by atoms with Crippen LogP contribution in [0.5, 0.6) is 0 Å². The van der Waals surface area contributed by atoms with Crippen molar-refractivity contribution in [3.8, 4) is 0 Å². The summed E-state index contributed by atoms with van der Waals surface area (Å²) in [6.45, 7) is 4.74. The summed E-state index contributed by atoms with van der Waals surface area (Å²) in [5.74, 6) is -1.38. The predicted molar refractivity (Wildman–Crippen MR) is 244 cm³/mol. The number of carbonyl (C=O) groups is 4. The van der Waals surface area contributed by atoms with E-state index in [2.05, 4.69) is 19.2 Å². The van der Waals surface area contributed by atoms with Gasteiger partial charge in [0.1, 0.15) is 12.4 Å². The minimum atomic E-state index is -4.57. The minimum Gasteiger partial charge on any atom is -0.462 e. The summed E-state index contributed by atoms with van der Waals surface area (Å²) in [7, 11) is -4.57. The zero-order chi connectivity index (χ0) is 44.2. The van der Waals surface area contributed by atoms with E-state index in [1.165, 1.54) is 161 Å². The van der Waals surface area contributed by atoms with Crippen LogP contribution in [0.15, 0.2) is 0 Å². The molecular weight excluding hydrogens is 781 g/mol. The van der Waals surface area contributed by atoms with Crippen molar-refractivity contribution < 1.29 is 47.2 Å². The highest BCUT2D eigenvalue weighted by molar-refractivity contribution is 7.47. The number of hydrogen-bond acceptors (Lipinski definition) is 9. The van der Waals surface area contributed by atoms with Gasteiger partial charge in [-0.2, -0.15) is 0 Å². The van der Waals surface area contributed by atoms with Crippen molar-refractivity contribution in [3.05, 3.63) is 0 Å². The maximum atomic E-state index is 12.7. The van der Waals surface area contributed by atoms with Crippen LogP contribution in [0.25, 0.3) is 0 Å². The van der Waals surface area contributed by atoms with Crippen molar-refractivity contribution in [2.24, 2.45) is 0 Å². The maximum Gasteiger partial charge on any atom is 0.472 e. The molecular formula is C48H92NO10P. The van der Waals surface area contributed by atoms with Crippen LogP contribution in [-0.4, -0.2) is 61.0 Å². The molecule has 0 rings (SSSR count). The molecule has 0 saturated heterocycles. The van der Waals surface area contributed by atoms with E-state index in [1.54, 1.807) is 0 Å². The second-order valence-corrected chi connectivity index (χ2v) is 18.5. The Hall–Kier alpha value is -1.81. The summed E-state index contributed by atoms with van der Waals surface area (Å²) in [6, 6.07) is 0. The fourth-order valence-corrected chi connectivity index (χ4v) is 7.95. The van der Waals surface area contributed by atoms with Gasteiger partial charge in [0, 0.05) is 32.2 Å². The molecule has 0 aromatic heterocycles. The lowest BCUT2D eigenvalue weighted by atomic mass is 10.0.